The number of esters is 1. The van der Waals surface area contributed by atoms with Crippen LogP contribution in [0.2, 0.25) is 0 Å². The lowest BCUT2D eigenvalue weighted by Crippen LogP contribution is -2.54. The van der Waals surface area contributed by atoms with Crippen molar-refractivity contribution in [1.82, 2.24) is 14.1 Å². The summed E-state index contributed by atoms with van der Waals surface area (Å²) in [6.45, 7) is 12.0. The van der Waals surface area contributed by atoms with Gasteiger partial charge < -0.3 is 19.0 Å². The fourth-order valence-electron chi connectivity index (χ4n) is 5.68. The first-order valence-electron chi connectivity index (χ1n) is 14.9. The van der Waals surface area contributed by atoms with Crippen molar-refractivity contribution < 1.29 is 23.8 Å². The third-order valence-corrected chi connectivity index (χ3v) is 9.49. The lowest BCUT2D eigenvalue weighted by atomic mass is 9.85. The second kappa shape index (κ2) is 11.8. The molecule has 1 aliphatic rings. The molecule has 1 atom stereocenters. The van der Waals surface area contributed by atoms with Gasteiger partial charge >= 0.3 is 11.7 Å². The Bertz CT molecular complexity index is 1750. The highest BCUT2D eigenvalue weighted by molar-refractivity contribution is 7.22. The lowest BCUT2D eigenvalue weighted by Gasteiger charge is -2.35. The highest BCUT2D eigenvalue weighted by Gasteiger charge is 2.39. The Hall–Kier alpha value is -3.54. The third-order valence-electron chi connectivity index (χ3n) is 8.18. The van der Waals surface area contributed by atoms with Crippen LogP contribution in [0.5, 0.6) is 0 Å². The molecular weight excluding hydrogens is 582 g/mol. The molecule has 1 unspecified atom stereocenters. The van der Waals surface area contributed by atoms with E-state index in [9.17, 15) is 19.5 Å². The summed E-state index contributed by atoms with van der Waals surface area (Å²) in [6, 6.07) is 9.64. The number of rotatable bonds is 8. The molecule has 10 nitrogen and oxygen atoms in total. The van der Waals surface area contributed by atoms with E-state index >= 15 is 0 Å². The van der Waals surface area contributed by atoms with Crippen molar-refractivity contribution in [3.63, 3.8) is 0 Å². The molecule has 0 bridgehead atoms. The molecule has 5 rings (SSSR count). The molecule has 0 radical (unpaired) electrons. The van der Waals surface area contributed by atoms with Crippen LogP contribution < -0.4 is 11.2 Å². The molecule has 1 N–H and O–H groups in total. The molecule has 1 aromatic carbocycles. The largest absolute Gasteiger partial charge is 0.458 e. The molecule has 4 aromatic rings. The summed E-state index contributed by atoms with van der Waals surface area (Å²) in [5.74, 6) is -0.355. The van der Waals surface area contributed by atoms with Gasteiger partial charge in [0, 0.05) is 0 Å². The molecule has 1 saturated carbocycles. The van der Waals surface area contributed by atoms with Crippen LogP contribution in [0, 0.1) is 6.92 Å². The van der Waals surface area contributed by atoms with Gasteiger partial charge in [0.1, 0.15) is 28.3 Å². The number of carbonyl (C=O) groups is 1. The number of aliphatic hydroxyl groups is 1. The summed E-state index contributed by atoms with van der Waals surface area (Å²) in [4.78, 5) is 47.5. The van der Waals surface area contributed by atoms with Crippen LogP contribution in [0.25, 0.3) is 21.0 Å². The zero-order chi connectivity index (χ0) is 32.0. The van der Waals surface area contributed by atoms with Crippen molar-refractivity contribution in [1.29, 1.82) is 0 Å². The number of hydrogen-bond acceptors (Lipinski definition) is 9. The number of nitrogens with zero attached hydrogens (tertiary/aromatic N) is 3. The Kier molecular flexibility index (Phi) is 8.52. The highest BCUT2D eigenvalue weighted by atomic mass is 32.1. The molecule has 1 fully saturated rings. The average Bonchev–Trinajstić information content (AvgIpc) is 3.59. The first-order valence-corrected chi connectivity index (χ1v) is 15.8. The van der Waals surface area contributed by atoms with Gasteiger partial charge in [0.2, 0.25) is 5.89 Å². The summed E-state index contributed by atoms with van der Waals surface area (Å²) in [6.07, 6.45) is 4.89. The number of fused-ring (bicyclic) bond motifs is 1. The maximum absolute atomic E-state index is 14.5. The Balaban J connectivity index is 1.70. The molecule has 0 saturated heterocycles. The molecule has 0 aliphatic heterocycles. The number of thiophene rings is 1. The number of benzene rings is 1. The fraction of sp³-hybridized carbons (Fsp3) is 0.515. The van der Waals surface area contributed by atoms with Gasteiger partial charge in [0.05, 0.1) is 34.7 Å². The molecule has 0 spiro atoms. The Morgan fingerprint density at radius 2 is 1.82 bits per heavy atom. The quantitative estimate of drug-likeness (QED) is 0.247. The van der Waals surface area contributed by atoms with Gasteiger partial charge in [0.25, 0.3) is 5.56 Å². The van der Waals surface area contributed by atoms with E-state index in [1.165, 1.54) is 42.2 Å². The second-order valence-corrected chi connectivity index (χ2v) is 14.4. The maximum Gasteiger partial charge on any atom is 0.333 e. The number of oxazole rings is 1. The minimum atomic E-state index is -1.62. The minimum absolute atomic E-state index is 0.0852. The van der Waals surface area contributed by atoms with E-state index in [-0.39, 0.29) is 12.6 Å². The summed E-state index contributed by atoms with van der Waals surface area (Å²) in [5.41, 5.74) is -2.92. The van der Waals surface area contributed by atoms with Crippen LogP contribution in [0.4, 0.5) is 0 Å². The van der Waals surface area contributed by atoms with Crippen LogP contribution in [0.15, 0.2) is 56.8 Å². The van der Waals surface area contributed by atoms with Gasteiger partial charge in [-0.15, -0.1) is 11.3 Å². The first-order chi connectivity index (χ1) is 20.6. The SMILES string of the molecule is Cc1c(-c2ncco2)sc2c1c(=O)n(C(C)(C)C(=O)OC(C)(C)C)c(=O)n2CC(O[C@H]1CC[C@@](C)(O)CC1)c1ccccc1. The van der Waals surface area contributed by atoms with Gasteiger partial charge in [-0.25, -0.2) is 19.1 Å². The van der Waals surface area contributed by atoms with Gasteiger partial charge in [-0.05, 0) is 85.3 Å². The van der Waals surface area contributed by atoms with E-state index in [2.05, 4.69) is 4.98 Å². The topological polar surface area (TPSA) is 126 Å². The summed E-state index contributed by atoms with van der Waals surface area (Å²) < 4.78 is 20.5. The van der Waals surface area contributed by atoms with Crippen LogP contribution >= 0.6 is 11.3 Å². The highest BCUT2D eigenvalue weighted by Crippen LogP contribution is 2.38. The molecule has 236 valence electrons. The first kappa shape index (κ1) is 31.9. The number of aryl methyl sites for hydroxylation is 1. The van der Waals surface area contributed by atoms with Gasteiger partial charge in [-0.3, -0.25) is 9.36 Å². The maximum atomic E-state index is 14.5. The van der Waals surface area contributed by atoms with Crippen LogP contribution in [0.3, 0.4) is 0 Å². The van der Waals surface area contributed by atoms with E-state index in [0.29, 0.717) is 52.2 Å². The van der Waals surface area contributed by atoms with E-state index in [1.807, 2.05) is 37.3 Å². The Labute approximate surface area is 260 Å². The molecule has 11 heteroatoms. The predicted molar refractivity (Wildman–Crippen MR) is 169 cm³/mol. The monoisotopic (exact) mass is 623 g/mol. The van der Waals surface area contributed by atoms with Crippen molar-refractivity contribution >= 4 is 27.5 Å². The van der Waals surface area contributed by atoms with Crippen molar-refractivity contribution in [2.45, 2.75) is 110 Å². The van der Waals surface area contributed by atoms with Crippen molar-refractivity contribution in [3.8, 4) is 10.8 Å². The van der Waals surface area contributed by atoms with Crippen LogP contribution in [-0.4, -0.2) is 42.5 Å². The summed E-state index contributed by atoms with van der Waals surface area (Å²) in [5, 5.41) is 10.8. The zero-order valence-corrected chi connectivity index (χ0v) is 27.2. The van der Waals surface area contributed by atoms with Gasteiger partial charge in [-0.2, -0.15) is 0 Å². The summed E-state index contributed by atoms with van der Waals surface area (Å²) >= 11 is 1.25. The van der Waals surface area contributed by atoms with E-state index in [4.69, 9.17) is 13.9 Å². The molecule has 44 heavy (non-hydrogen) atoms. The number of aromatic nitrogens is 3. The normalized spacial score (nSPS) is 20.1. The molecule has 3 aromatic heterocycles. The Morgan fingerprint density at radius 3 is 2.41 bits per heavy atom. The van der Waals surface area contributed by atoms with Gasteiger partial charge in [-0.1, -0.05) is 30.3 Å². The Morgan fingerprint density at radius 1 is 1.16 bits per heavy atom. The van der Waals surface area contributed by atoms with Crippen molar-refractivity contribution in [3.05, 3.63) is 74.8 Å². The van der Waals surface area contributed by atoms with E-state index in [0.717, 1.165) is 10.1 Å². The van der Waals surface area contributed by atoms with Crippen molar-refractivity contribution in [2.75, 3.05) is 0 Å². The zero-order valence-electron chi connectivity index (χ0n) is 26.4. The third kappa shape index (κ3) is 6.31. The van der Waals surface area contributed by atoms with Crippen LogP contribution in [-0.2, 0) is 26.4 Å². The number of hydrogen-bond donors (Lipinski definition) is 1. The van der Waals surface area contributed by atoms with Gasteiger partial charge in [0.15, 0.2) is 0 Å². The molecule has 0 amide bonds. The standard InChI is InChI=1S/C33H41N3O7S/c1-20-24-27(37)36(32(5,6)29(38)43-31(2,3)4)30(39)35(28(24)44-25(20)26-34-17-18-41-26)19-23(21-11-9-8-10-12-21)42-22-13-15-33(7,40)16-14-22/h8-12,17-18,22-23,40H,13-16,19H2,1-7H3/t22-,23?,33+. The lowest BCUT2D eigenvalue weighted by molar-refractivity contribution is -0.164. The smallest absolute Gasteiger partial charge is 0.333 e. The average molecular weight is 624 g/mol. The molecule has 3 heterocycles. The summed E-state index contributed by atoms with van der Waals surface area (Å²) in [7, 11) is 0. The minimum Gasteiger partial charge on any atom is -0.458 e. The second-order valence-electron chi connectivity index (χ2n) is 13.4. The van der Waals surface area contributed by atoms with Crippen molar-refractivity contribution in [2.24, 2.45) is 0 Å². The molecule has 1 aliphatic carbocycles. The predicted octanol–water partition coefficient (Wildman–Crippen LogP) is 5.72. The van der Waals surface area contributed by atoms with Crippen LogP contribution in [0.1, 0.15) is 84.5 Å². The number of ether oxygens (including phenoxy) is 2. The fourth-order valence-corrected chi connectivity index (χ4v) is 6.92. The number of carbonyl (C=O) groups excluding carboxylic acids is 1. The molecular formula is C33H41N3O7S. The van der Waals surface area contributed by atoms with E-state index in [1.54, 1.807) is 27.7 Å². The van der Waals surface area contributed by atoms with E-state index < -0.39 is 40.1 Å².